The van der Waals surface area contributed by atoms with Gasteiger partial charge in [-0.3, -0.25) is 9.59 Å². The summed E-state index contributed by atoms with van der Waals surface area (Å²) in [6.45, 7) is 11.0. The highest BCUT2D eigenvalue weighted by atomic mass is 16.6. The van der Waals surface area contributed by atoms with Gasteiger partial charge in [-0.25, -0.2) is 14.7 Å². The van der Waals surface area contributed by atoms with Crippen molar-refractivity contribution < 1.29 is 33.3 Å². The molecule has 44 heavy (non-hydrogen) atoms. The first-order valence-electron chi connectivity index (χ1n) is 15.0. The number of fused-ring (bicyclic) bond motifs is 1. The number of esters is 1. The van der Waals surface area contributed by atoms with Crippen molar-refractivity contribution in [3.8, 4) is 23.0 Å². The molecule has 5 unspecified atom stereocenters. The van der Waals surface area contributed by atoms with E-state index in [1.165, 1.54) is 4.90 Å². The lowest BCUT2D eigenvalue weighted by Crippen LogP contribution is -2.45. The zero-order chi connectivity index (χ0) is 31.6. The molecular weight excluding hydrogens is 562 g/mol. The van der Waals surface area contributed by atoms with Gasteiger partial charge in [-0.1, -0.05) is 36.4 Å². The van der Waals surface area contributed by atoms with E-state index in [2.05, 4.69) is 6.58 Å². The fraction of sp³-hybridized carbons (Fsp3) is 0.441. The minimum atomic E-state index is -0.855. The highest BCUT2D eigenvalue weighted by molar-refractivity contribution is 5.96. The molecule has 1 heterocycles. The van der Waals surface area contributed by atoms with E-state index < -0.39 is 41.5 Å². The van der Waals surface area contributed by atoms with E-state index in [0.717, 1.165) is 5.56 Å². The minimum Gasteiger partial charge on any atom is -0.497 e. The molecule has 1 aromatic heterocycles. The Morgan fingerprint density at radius 1 is 1.02 bits per heavy atom. The van der Waals surface area contributed by atoms with Crippen LogP contribution in [-0.4, -0.2) is 64.3 Å². The number of nitrogens with zero attached hydrogens (tertiary/aromatic N) is 3. The molecule has 2 fully saturated rings. The Labute approximate surface area is 257 Å². The van der Waals surface area contributed by atoms with Crippen LogP contribution in [0.25, 0.3) is 22.3 Å². The molecule has 2 aromatic carbocycles. The Kier molecular flexibility index (Phi) is 8.90. The van der Waals surface area contributed by atoms with Crippen molar-refractivity contribution >= 4 is 28.9 Å². The minimum absolute atomic E-state index is 0.0161. The number of imide groups is 1. The third-order valence-electron chi connectivity index (χ3n) is 7.87. The van der Waals surface area contributed by atoms with Crippen molar-refractivity contribution in [2.75, 3.05) is 13.7 Å². The summed E-state index contributed by atoms with van der Waals surface area (Å²) in [4.78, 5) is 51.3. The van der Waals surface area contributed by atoms with Crippen LogP contribution in [0.5, 0.6) is 11.6 Å². The Hall–Kier alpha value is -4.47. The van der Waals surface area contributed by atoms with Crippen LogP contribution in [0.4, 0.5) is 4.79 Å². The lowest BCUT2D eigenvalue weighted by molar-refractivity contribution is -0.164. The number of ether oxygens (including phenoxy) is 4. The number of amides is 2. The Bertz CT molecular complexity index is 1550. The number of aromatic nitrogens is 2. The maximum absolute atomic E-state index is 14.1. The third kappa shape index (κ3) is 6.69. The molecule has 10 heteroatoms. The normalized spacial score (nSPS) is 22.6. The maximum atomic E-state index is 14.1. The fourth-order valence-electron chi connectivity index (χ4n) is 5.68. The van der Waals surface area contributed by atoms with Gasteiger partial charge in [0, 0.05) is 11.6 Å². The van der Waals surface area contributed by atoms with Crippen molar-refractivity contribution in [2.24, 2.45) is 17.8 Å². The highest BCUT2D eigenvalue weighted by Gasteiger charge is 2.53. The molecule has 2 amide bonds. The average molecular weight is 602 g/mol. The van der Waals surface area contributed by atoms with Crippen LogP contribution >= 0.6 is 0 Å². The highest BCUT2D eigenvalue weighted by Crippen LogP contribution is 2.43. The third-order valence-corrected chi connectivity index (χ3v) is 7.87. The van der Waals surface area contributed by atoms with Gasteiger partial charge in [0.2, 0.25) is 11.8 Å². The van der Waals surface area contributed by atoms with Crippen LogP contribution in [0.3, 0.4) is 0 Å². The SMILES string of the molecule is C=CC1CC1N(C(=O)OCC)C(=O)C1CC(Oc2nc(-c3ccccc3)nc3cc(OC)ccc23)CC1C(=O)OC(C)(C)C. The van der Waals surface area contributed by atoms with E-state index in [1.54, 1.807) is 46.9 Å². The van der Waals surface area contributed by atoms with Crippen LogP contribution in [0.2, 0.25) is 0 Å². The quantitative estimate of drug-likeness (QED) is 0.216. The van der Waals surface area contributed by atoms with E-state index >= 15 is 0 Å². The summed E-state index contributed by atoms with van der Waals surface area (Å²) in [5, 5.41) is 0.661. The largest absolute Gasteiger partial charge is 0.497 e. The second kappa shape index (κ2) is 12.6. The summed E-state index contributed by atoms with van der Waals surface area (Å²) in [7, 11) is 1.59. The zero-order valence-corrected chi connectivity index (χ0v) is 25.8. The Balaban J connectivity index is 1.49. The van der Waals surface area contributed by atoms with Gasteiger partial charge in [-0.15, -0.1) is 6.58 Å². The molecule has 5 atom stereocenters. The second-order valence-electron chi connectivity index (χ2n) is 12.2. The van der Waals surface area contributed by atoms with Crippen LogP contribution < -0.4 is 9.47 Å². The van der Waals surface area contributed by atoms with Gasteiger partial charge >= 0.3 is 12.1 Å². The molecule has 2 aliphatic carbocycles. The Morgan fingerprint density at radius 2 is 1.75 bits per heavy atom. The van der Waals surface area contributed by atoms with E-state index in [1.807, 2.05) is 42.5 Å². The number of benzene rings is 2. The summed E-state index contributed by atoms with van der Waals surface area (Å²) >= 11 is 0. The van der Waals surface area contributed by atoms with Crippen molar-refractivity contribution in [2.45, 2.75) is 64.7 Å². The van der Waals surface area contributed by atoms with Crippen LogP contribution in [0, 0.1) is 17.8 Å². The van der Waals surface area contributed by atoms with Crippen molar-refractivity contribution in [3.05, 3.63) is 61.2 Å². The molecule has 0 aliphatic heterocycles. The van der Waals surface area contributed by atoms with Gasteiger partial charge in [0.05, 0.1) is 42.5 Å². The number of rotatable bonds is 9. The number of carbonyl (C=O) groups is 3. The smallest absolute Gasteiger partial charge is 0.416 e. The molecule has 3 aromatic rings. The molecule has 0 spiro atoms. The molecule has 2 saturated carbocycles. The predicted molar refractivity (Wildman–Crippen MR) is 164 cm³/mol. The summed E-state index contributed by atoms with van der Waals surface area (Å²) in [5.41, 5.74) is 0.668. The van der Waals surface area contributed by atoms with Gasteiger partial charge in [0.25, 0.3) is 0 Å². The fourth-order valence-corrected chi connectivity index (χ4v) is 5.68. The van der Waals surface area contributed by atoms with E-state index in [0.29, 0.717) is 34.8 Å². The lowest BCUT2D eigenvalue weighted by atomic mass is 9.94. The van der Waals surface area contributed by atoms with E-state index in [4.69, 9.17) is 28.9 Å². The summed E-state index contributed by atoms with van der Waals surface area (Å²) in [6.07, 6.45) is 1.45. The molecule has 0 bridgehead atoms. The first-order chi connectivity index (χ1) is 21.0. The topological polar surface area (TPSA) is 117 Å². The van der Waals surface area contributed by atoms with Gasteiger partial charge < -0.3 is 18.9 Å². The van der Waals surface area contributed by atoms with Gasteiger partial charge in [0.15, 0.2) is 5.82 Å². The number of carbonyl (C=O) groups excluding carboxylic acids is 3. The van der Waals surface area contributed by atoms with Crippen LogP contribution in [-0.2, 0) is 19.1 Å². The summed E-state index contributed by atoms with van der Waals surface area (Å²) in [5.74, 6) is -1.25. The average Bonchev–Trinajstić information content (AvgIpc) is 3.64. The molecule has 10 nitrogen and oxygen atoms in total. The lowest BCUT2D eigenvalue weighted by Gasteiger charge is -2.27. The molecule has 0 saturated heterocycles. The Morgan fingerprint density at radius 3 is 2.39 bits per heavy atom. The molecule has 0 radical (unpaired) electrons. The number of hydrogen-bond donors (Lipinski definition) is 0. The molecule has 2 aliphatic rings. The monoisotopic (exact) mass is 601 g/mol. The maximum Gasteiger partial charge on any atom is 0.416 e. The first-order valence-corrected chi connectivity index (χ1v) is 15.0. The van der Waals surface area contributed by atoms with Crippen molar-refractivity contribution in [3.63, 3.8) is 0 Å². The zero-order valence-electron chi connectivity index (χ0n) is 25.8. The van der Waals surface area contributed by atoms with Crippen molar-refractivity contribution in [1.29, 1.82) is 0 Å². The van der Waals surface area contributed by atoms with E-state index in [-0.39, 0.29) is 31.4 Å². The van der Waals surface area contributed by atoms with Gasteiger partial charge in [-0.2, -0.15) is 4.98 Å². The second-order valence-corrected chi connectivity index (χ2v) is 12.2. The molecule has 0 N–H and O–H groups in total. The molecule has 5 rings (SSSR count). The van der Waals surface area contributed by atoms with Gasteiger partial charge in [0.1, 0.15) is 17.5 Å². The van der Waals surface area contributed by atoms with Gasteiger partial charge in [-0.05, 0) is 65.0 Å². The standard InChI is InChI=1S/C34H39N3O7/c1-7-20-16-28(20)37(33(40)42-8-2)31(38)25-17-23(18-26(25)32(39)44-34(3,4)5)43-30-24-15-14-22(41-6)19-27(24)35-29(36-30)21-12-10-9-11-13-21/h7,9-15,19-20,23,25-26,28H,1,8,16-18H2,2-6H3. The summed E-state index contributed by atoms with van der Waals surface area (Å²) in [6, 6.07) is 14.6. The number of hydrogen-bond acceptors (Lipinski definition) is 9. The number of methoxy groups -OCH3 is 1. The van der Waals surface area contributed by atoms with E-state index in [9.17, 15) is 14.4 Å². The van der Waals surface area contributed by atoms with Crippen molar-refractivity contribution in [1.82, 2.24) is 14.9 Å². The predicted octanol–water partition coefficient (Wildman–Crippen LogP) is 5.98. The molecular formula is C34H39N3O7. The van der Waals surface area contributed by atoms with Crippen LogP contribution in [0.15, 0.2) is 61.2 Å². The van der Waals surface area contributed by atoms with Crippen LogP contribution in [0.1, 0.15) is 47.0 Å². The molecule has 232 valence electrons. The first kappa shape index (κ1) is 31.0. The summed E-state index contributed by atoms with van der Waals surface area (Å²) < 4.78 is 22.9.